The Labute approximate surface area is 156 Å². The monoisotopic (exact) mass is 355 g/mol. The lowest BCUT2D eigenvalue weighted by atomic mass is 10.2. The van der Waals surface area contributed by atoms with E-state index in [1.54, 1.807) is 18.3 Å². The minimum atomic E-state index is -0.363. The van der Waals surface area contributed by atoms with Gasteiger partial charge in [-0.2, -0.15) is 0 Å². The van der Waals surface area contributed by atoms with Crippen molar-refractivity contribution >= 4 is 28.7 Å². The number of anilines is 2. The van der Waals surface area contributed by atoms with E-state index in [9.17, 15) is 4.79 Å². The fourth-order valence-electron chi connectivity index (χ4n) is 2.63. The summed E-state index contributed by atoms with van der Waals surface area (Å²) in [7, 11) is 0. The molecular weight excluding hydrogens is 338 g/mol. The Morgan fingerprint density at radius 2 is 1.63 bits per heavy atom. The van der Waals surface area contributed by atoms with Crippen LogP contribution in [0.15, 0.2) is 72.9 Å². The molecule has 2 heterocycles. The summed E-state index contributed by atoms with van der Waals surface area (Å²) in [4.78, 5) is 25.6. The van der Waals surface area contributed by atoms with Crippen molar-refractivity contribution in [2.24, 2.45) is 0 Å². The predicted octanol–water partition coefficient (Wildman–Crippen LogP) is 4.64. The molecule has 6 nitrogen and oxygen atoms in total. The molecule has 2 aromatic carbocycles. The summed E-state index contributed by atoms with van der Waals surface area (Å²) < 4.78 is 0. The van der Waals surface area contributed by atoms with Crippen molar-refractivity contribution < 1.29 is 4.79 Å². The number of rotatable bonds is 3. The highest BCUT2D eigenvalue weighted by Crippen LogP contribution is 2.19. The summed E-state index contributed by atoms with van der Waals surface area (Å²) in [5.41, 5.74) is 4.68. The van der Waals surface area contributed by atoms with Crippen molar-refractivity contribution in [3.63, 3.8) is 0 Å². The van der Waals surface area contributed by atoms with E-state index in [4.69, 9.17) is 0 Å². The maximum atomic E-state index is 12.2. The number of nitrogens with one attached hydrogen (secondary N) is 2. The normalized spacial score (nSPS) is 10.6. The summed E-state index contributed by atoms with van der Waals surface area (Å²) in [5, 5.41) is 5.50. The van der Waals surface area contributed by atoms with Gasteiger partial charge in [-0.1, -0.05) is 48.0 Å². The largest absolute Gasteiger partial charge is 0.324 e. The molecule has 0 aliphatic heterocycles. The summed E-state index contributed by atoms with van der Waals surface area (Å²) in [6.45, 7) is 1.99. The van der Waals surface area contributed by atoms with Crippen LogP contribution in [0.25, 0.3) is 22.4 Å². The number of amides is 2. The zero-order chi connectivity index (χ0) is 18.6. The van der Waals surface area contributed by atoms with Crippen LogP contribution < -0.4 is 10.6 Å². The minimum Gasteiger partial charge on any atom is -0.308 e. The zero-order valence-electron chi connectivity index (χ0n) is 14.7. The van der Waals surface area contributed by atoms with Crippen LogP contribution >= 0.6 is 0 Å². The second-order valence-corrected chi connectivity index (χ2v) is 6.11. The number of pyridine rings is 1. The summed E-state index contributed by atoms with van der Waals surface area (Å²) in [6.07, 6.45) is 1.72. The molecule has 6 heteroatoms. The van der Waals surface area contributed by atoms with Gasteiger partial charge in [0.15, 0.2) is 5.65 Å². The number of urea groups is 1. The van der Waals surface area contributed by atoms with Crippen LogP contribution in [0.4, 0.5) is 16.3 Å². The van der Waals surface area contributed by atoms with Gasteiger partial charge in [0.05, 0.1) is 11.9 Å². The molecule has 2 N–H and O–H groups in total. The first-order chi connectivity index (χ1) is 13.2. The van der Waals surface area contributed by atoms with Crippen molar-refractivity contribution in [3.05, 3.63) is 78.5 Å². The molecule has 2 aromatic heterocycles. The van der Waals surface area contributed by atoms with Gasteiger partial charge in [0, 0.05) is 11.3 Å². The Hall–Kier alpha value is -3.80. The Morgan fingerprint density at radius 3 is 2.41 bits per heavy atom. The Morgan fingerprint density at radius 1 is 0.852 bits per heavy atom. The fraction of sp³-hybridized carbons (Fsp3) is 0.0476. The lowest BCUT2D eigenvalue weighted by Crippen LogP contribution is -2.20. The third-order valence-electron chi connectivity index (χ3n) is 4.03. The molecule has 27 heavy (non-hydrogen) atoms. The molecule has 4 rings (SSSR count). The van der Waals surface area contributed by atoms with Gasteiger partial charge >= 0.3 is 6.03 Å². The molecule has 0 fully saturated rings. The van der Waals surface area contributed by atoms with Crippen molar-refractivity contribution in [3.8, 4) is 11.3 Å². The SMILES string of the molecule is Cc1ccc(NC(=O)Nc2ccc3ncc(-c4ccccc4)nc3n2)cc1. The smallest absolute Gasteiger partial charge is 0.308 e. The van der Waals surface area contributed by atoms with Crippen LogP contribution in [0.3, 0.4) is 0 Å². The quantitative estimate of drug-likeness (QED) is 0.561. The van der Waals surface area contributed by atoms with E-state index >= 15 is 0 Å². The molecule has 0 saturated carbocycles. The van der Waals surface area contributed by atoms with Crippen LogP contribution in [-0.4, -0.2) is 21.0 Å². The maximum Gasteiger partial charge on any atom is 0.324 e. The van der Waals surface area contributed by atoms with Gasteiger partial charge < -0.3 is 5.32 Å². The van der Waals surface area contributed by atoms with Crippen LogP contribution in [0.1, 0.15) is 5.56 Å². The van der Waals surface area contributed by atoms with E-state index in [-0.39, 0.29) is 6.03 Å². The standard InChI is InChI=1S/C21H17N5O/c1-14-7-9-16(10-8-14)23-21(27)26-19-12-11-17-20(25-19)24-18(13-22-17)15-5-3-2-4-6-15/h2-13H,1H3,(H2,23,24,25,26,27). The molecule has 132 valence electrons. The first-order valence-corrected chi connectivity index (χ1v) is 8.51. The zero-order valence-corrected chi connectivity index (χ0v) is 14.7. The second kappa shape index (κ2) is 7.21. The number of benzene rings is 2. The molecule has 4 aromatic rings. The van der Waals surface area contributed by atoms with E-state index in [1.165, 1.54) is 0 Å². The van der Waals surface area contributed by atoms with Crippen molar-refractivity contribution in [2.75, 3.05) is 10.6 Å². The highest BCUT2D eigenvalue weighted by Gasteiger charge is 2.07. The lowest BCUT2D eigenvalue weighted by molar-refractivity contribution is 0.262. The summed E-state index contributed by atoms with van der Waals surface area (Å²) in [6, 6.07) is 20.5. The first kappa shape index (κ1) is 16.7. The summed E-state index contributed by atoms with van der Waals surface area (Å²) in [5.74, 6) is 0.409. The topological polar surface area (TPSA) is 79.8 Å². The lowest BCUT2D eigenvalue weighted by Gasteiger charge is -2.08. The Kier molecular flexibility index (Phi) is 4.45. The molecule has 0 aliphatic rings. The third kappa shape index (κ3) is 3.90. The van der Waals surface area contributed by atoms with Gasteiger partial charge in [-0.3, -0.25) is 10.3 Å². The predicted molar refractivity (Wildman–Crippen MR) is 107 cm³/mol. The number of aryl methyl sites for hydroxylation is 1. The Balaban J connectivity index is 1.55. The fourth-order valence-corrected chi connectivity index (χ4v) is 2.63. The van der Waals surface area contributed by atoms with Crippen LogP contribution in [0, 0.1) is 6.92 Å². The van der Waals surface area contributed by atoms with Gasteiger partial charge in [-0.25, -0.2) is 14.8 Å². The minimum absolute atomic E-state index is 0.363. The van der Waals surface area contributed by atoms with Crippen LogP contribution in [0.5, 0.6) is 0 Å². The molecule has 0 radical (unpaired) electrons. The summed E-state index contributed by atoms with van der Waals surface area (Å²) >= 11 is 0. The van der Waals surface area contributed by atoms with E-state index in [2.05, 4.69) is 25.6 Å². The molecule has 0 aliphatic carbocycles. The van der Waals surface area contributed by atoms with E-state index in [1.807, 2.05) is 61.5 Å². The van der Waals surface area contributed by atoms with Crippen LogP contribution in [-0.2, 0) is 0 Å². The molecular formula is C21H17N5O. The van der Waals surface area contributed by atoms with Gasteiger partial charge in [-0.05, 0) is 31.2 Å². The number of aromatic nitrogens is 3. The van der Waals surface area contributed by atoms with Crippen molar-refractivity contribution in [1.29, 1.82) is 0 Å². The van der Waals surface area contributed by atoms with E-state index in [0.717, 1.165) is 16.8 Å². The number of nitrogens with zero attached hydrogens (tertiary/aromatic N) is 3. The second-order valence-electron chi connectivity index (χ2n) is 6.11. The molecule has 0 saturated heterocycles. The van der Waals surface area contributed by atoms with Gasteiger partial charge in [0.25, 0.3) is 0 Å². The average molecular weight is 355 g/mol. The van der Waals surface area contributed by atoms with Gasteiger partial charge in [0.2, 0.25) is 0 Å². The van der Waals surface area contributed by atoms with Crippen LogP contribution in [0.2, 0.25) is 0 Å². The number of fused-ring (bicyclic) bond motifs is 1. The number of carbonyl (C=O) groups is 1. The van der Waals surface area contributed by atoms with Gasteiger partial charge in [0.1, 0.15) is 11.3 Å². The number of carbonyl (C=O) groups excluding carboxylic acids is 1. The first-order valence-electron chi connectivity index (χ1n) is 8.51. The third-order valence-corrected chi connectivity index (χ3v) is 4.03. The average Bonchev–Trinajstić information content (AvgIpc) is 2.70. The Bertz CT molecular complexity index is 1090. The van der Waals surface area contributed by atoms with Crippen molar-refractivity contribution in [2.45, 2.75) is 6.92 Å². The highest BCUT2D eigenvalue weighted by atomic mass is 16.2. The van der Waals surface area contributed by atoms with E-state index in [0.29, 0.717) is 22.7 Å². The molecule has 0 spiro atoms. The molecule has 0 bridgehead atoms. The molecule has 2 amide bonds. The number of hydrogen-bond donors (Lipinski definition) is 2. The van der Waals surface area contributed by atoms with Gasteiger partial charge in [-0.15, -0.1) is 0 Å². The number of hydrogen-bond acceptors (Lipinski definition) is 4. The molecule has 0 unspecified atom stereocenters. The maximum absolute atomic E-state index is 12.2. The van der Waals surface area contributed by atoms with Crippen molar-refractivity contribution in [1.82, 2.24) is 15.0 Å². The highest BCUT2D eigenvalue weighted by molar-refractivity contribution is 5.99. The molecule has 0 atom stereocenters. The van der Waals surface area contributed by atoms with E-state index < -0.39 is 0 Å².